The first-order valence-corrected chi connectivity index (χ1v) is 4.41. The van der Waals surface area contributed by atoms with E-state index >= 15 is 0 Å². The standard InChI is InChI=1S/C9H8ClF2NO2/c10-5-2-6(11)4(1-7(5)12)8(13)3-9(14)15/h1-2,8H,3,13H2,(H,14,15). The fraction of sp³-hybridized carbons (Fsp3) is 0.222. The molecule has 1 aromatic carbocycles. The van der Waals surface area contributed by atoms with Gasteiger partial charge in [0.1, 0.15) is 11.6 Å². The van der Waals surface area contributed by atoms with E-state index < -0.39 is 30.1 Å². The van der Waals surface area contributed by atoms with Crippen molar-refractivity contribution in [3.05, 3.63) is 34.4 Å². The Morgan fingerprint density at radius 2 is 2.07 bits per heavy atom. The molecule has 0 aromatic heterocycles. The molecule has 0 aliphatic heterocycles. The van der Waals surface area contributed by atoms with Crippen LogP contribution in [0, 0.1) is 11.6 Å². The summed E-state index contributed by atoms with van der Waals surface area (Å²) in [6.07, 6.45) is -0.474. The molecule has 0 fully saturated rings. The van der Waals surface area contributed by atoms with Crippen LogP contribution in [0.3, 0.4) is 0 Å². The lowest BCUT2D eigenvalue weighted by molar-refractivity contribution is -0.137. The monoisotopic (exact) mass is 235 g/mol. The molecular weight excluding hydrogens is 228 g/mol. The van der Waals surface area contributed by atoms with E-state index in [0.717, 1.165) is 12.1 Å². The van der Waals surface area contributed by atoms with Crippen LogP contribution in [0.25, 0.3) is 0 Å². The fourth-order valence-corrected chi connectivity index (χ4v) is 1.27. The molecule has 3 nitrogen and oxygen atoms in total. The Hall–Kier alpha value is -1.20. The minimum Gasteiger partial charge on any atom is -0.481 e. The van der Waals surface area contributed by atoms with Gasteiger partial charge in [0, 0.05) is 11.6 Å². The Kier molecular flexibility index (Phi) is 3.60. The first kappa shape index (κ1) is 11.9. The number of nitrogens with two attached hydrogens (primary N) is 1. The van der Waals surface area contributed by atoms with Gasteiger partial charge in [0.25, 0.3) is 0 Å². The molecule has 1 aromatic rings. The van der Waals surface area contributed by atoms with Gasteiger partial charge in [0.05, 0.1) is 11.4 Å². The van der Waals surface area contributed by atoms with Crippen molar-refractivity contribution in [2.45, 2.75) is 12.5 Å². The third-order valence-electron chi connectivity index (χ3n) is 1.83. The molecular formula is C9H8ClF2NO2. The Morgan fingerprint density at radius 1 is 1.47 bits per heavy atom. The molecule has 1 rings (SSSR count). The number of hydrogen-bond acceptors (Lipinski definition) is 2. The molecule has 0 heterocycles. The molecule has 15 heavy (non-hydrogen) atoms. The van der Waals surface area contributed by atoms with Crippen LogP contribution in [-0.4, -0.2) is 11.1 Å². The maximum atomic E-state index is 13.2. The normalized spacial score (nSPS) is 12.5. The Balaban J connectivity index is 3.03. The van der Waals surface area contributed by atoms with Crippen molar-refractivity contribution >= 4 is 17.6 Å². The second-order valence-electron chi connectivity index (χ2n) is 2.99. The molecule has 0 aliphatic rings. The zero-order valence-corrected chi connectivity index (χ0v) is 8.26. The molecule has 0 spiro atoms. The summed E-state index contributed by atoms with van der Waals surface area (Å²) in [6.45, 7) is 0. The van der Waals surface area contributed by atoms with Gasteiger partial charge in [-0.1, -0.05) is 11.6 Å². The maximum Gasteiger partial charge on any atom is 0.305 e. The summed E-state index contributed by atoms with van der Waals surface area (Å²) in [5.41, 5.74) is 5.19. The predicted molar refractivity (Wildman–Crippen MR) is 50.5 cm³/mol. The number of rotatable bonds is 3. The number of halogens is 3. The first-order chi connectivity index (χ1) is 6.91. The average molecular weight is 236 g/mol. The molecule has 0 saturated carbocycles. The van der Waals surface area contributed by atoms with Crippen molar-refractivity contribution in [1.82, 2.24) is 0 Å². The summed E-state index contributed by atoms with van der Waals surface area (Å²) in [4.78, 5) is 10.3. The predicted octanol–water partition coefficient (Wildman–Crippen LogP) is 2.09. The topological polar surface area (TPSA) is 63.3 Å². The molecule has 1 atom stereocenters. The number of carboxylic acids is 1. The average Bonchev–Trinajstić information content (AvgIpc) is 2.09. The van der Waals surface area contributed by atoms with Gasteiger partial charge in [-0.25, -0.2) is 8.78 Å². The SMILES string of the molecule is NC(CC(=O)O)c1cc(F)c(Cl)cc1F. The highest BCUT2D eigenvalue weighted by Gasteiger charge is 2.17. The summed E-state index contributed by atoms with van der Waals surface area (Å²) >= 11 is 5.32. The molecule has 0 aliphatic carbocycles. The molecule has 0 amide bonds. The van der Waals surface area contributed by atoms with Crippen molar-refractivity contribution in [2.24, 2.45) is 5.73 Å². The van der Waals surface area contributed by atoms with Crippen LogP contribution in [0.2, 0.25) is 5.02 Å². The van der Waals surface area contributed by atoms with E-state index in [0.29, 0.717) is 0 Å². The maximum absolute atomic E-state index is 13.2. The van der Waals surface area contributed by atoms with Gasteiger partial charge < -0.3 is 10.8 Å². The molecule has 0 bridgehead atoms. The van der Waals surface area contributed by atoms with Gasteiger partial charge in [0.15, 0.2) is 0 Å². The summed E-state index contributed by atoms with van der Waals surface area (Å²) in [6, 6.07) is 0.494. The highest BCUT2D eigenvalue weighted by atomic mass is 35.5. The van der Waals surface area contributed by atoms with E-state index in [-0.39, 0.29) is 10.6 Å². The van der Waals surface area contributed by atoms with Gasteiger partial charge in [0.2, 0.25) is 0 Å². The highest BCUT2D eigenvalue weighted by Crippen LogP contribution is 2.24. The van der Waals surface area contributed by atoms with E-state index in [1.54, 1.807) is 0 Å². The fourth-order valence-electron chi connectivity index (χ4n) is 1.12. The highest BCUT2D eigenvalue weighted by molar-refractivity contribution is 6.30. The zero-order valence-electron chi connectivity index (χ0n) is 7.51. The van der Waals surface area contributed by atoms with Crippen LogP contribution in [0.5, 0.6) is 0 Å². The van der Waals surface area contributed by atoms with Gasteiger partial charge in [-0.05, 0) is 12.1 Å². The zero-order chi connectivity index (χ0) is 11.6. The second kappa shape index (κ2) is 4.55. The summed E-state index contributed by atoms with van der Waals surface area (Å²) in [5, 5.41) is 8.08. The third-order valence-corrected chi connectivity index (χ3v) is 2.12. The lowest BCUT2D eigenvalue weighted by Gasteiger charge is -2.10. The number of carbonyl (C=O) groups is 1. The van der Waals surface area contributed by atoms with Crippen LogP contribution in [0.4, 0.5) is 8.78 Å². The number of aliphatic carboxylic acids is 1. The van der Waals surface area contributed by atoms with E-state index in [4.69, 9.17) is 22.4 Å². The van der Waals surface area contributed by atoms with Crippen LogP contribution < -0.4 is 5.73 Å². The number of benzene rings is 1. The molecule has 0 radical (unpaired) electrons. The van der Waals surface area contributed by atoms with E-state index in [1.807, 2.05) is 0 Å². The second-order valence-corrected chi connectivity index (χ2v) is 3.40. The third kappa shape index (κ3) is 2.87. The lowest BCUT2D eigenvalue weighted by atomic mass is 10.0. The van der Waals surface area contributed by atoms with Crippen molar-refractivity contribution in [2.75, 3.05) is 0 Å². The van der Waals surface area contributed by atoms with Crippen LogP contribution in [0.15, 0.2) is 12.1 Å². The van der Waals surface area contributed by atoms with Gasteiger partial charge in [-0.15, -0.1) is 0 Å². The smallest absolute Gasteiger partial charge is 0.305 e. The van der Waals surface area contributed by atoms with E-state index in [9.17, 15) is 13.6 Å². The summed E-state index contributed by atoms with van der Waals surface area (Å²) < 4.78 is 26.2. The summed E-state index contributed by atoms with van der Waals surface area (Å²) in [7, 11) is 0. The lowest BCUT2D eigenvalue weighted by Crippen LogP contribution is -2.16. The Labute approximate surface area is 89.5 Å². The molecule has 82 valence electrons. The molecule has 1 unspecified atom stereocenters. The van der Waals surface area contributed by atoms with Crippen molar-refractivity contribution in [3.8, 4) is 0 Å². The number of hydrogen-bond donors (Lipinski definition) is 2. The molecule has 3 N–H and O–H groups in total. The van der Waals surface area contributed by atoms with E-state index in [1.165, 1.54) is 0 Å². The van der Waals surface area contributed by atoms with E-state index in [2.05, 4.69) is 0 Å². The first-order valence-electron chi connectivity index (χ1n) is 4.03. The van der Waals surface area contributed by atoms with Crippen molar-refractivity contribution in [1.29, 1.82) is 0 Å². The Morgan fingerprint density at radius 3 is 2.60 bits per heavy atom. The van der Waals surface area contributed by atoms with Gasteiger partial charge in [-0.3, -0.25) is 4.79 Å². The number of carboxylic acid groups (broad SMARTS) is 1. The molecule has 0 saturated heterocycles. The van der Waals surface area contributed by atoms with Crippen LogP contribution in [0.1, 0.15) is 18.0 Å². The van der Waals surface area contributed by atoms with Crippen LogP contribution >= 0.6 is 11.6 Å². The van der Waals surface area contributed by atoms with Crippen LogP contribution in [-0.2, 0) is 4.79 Å². The van der Waals surface area contributed by atoms with Gasteiger partial charge >= 0.3 is 5.97 Å². The Bertz CT molecular complexity index is 398. The van der Waals surface area contributed by atoms with Gasteiger partial charge in [-0.2, -0.15) is 0 Å². The molecule has 6 heteroatoms. The van der Waals surface area contributed by atoms with Crippen molar-refractivity contribution in [3.63, 3.8) is 0 Å². The quantitative estimate of drug-likeness (QED) is 0.789. The minimum absolute atomic E-state index is 0.195. The summed E-state index contributed by atoms with van der Waals surface area (Å²) in [5.74, 6) is -2.82. The largest absolute Gasteiger partial charge is 0.481 e. The minimum atomic E-state index is -1.18. The van der Waals surface area contributed by atoms with Crippen molar-refractivity contribution < 1.29 is 18.7 Å².